The van der Waals surface area contributed by atoms with E-state index in [9.17, 15) is 4.79 Å². The van der Waals surface area contributed by atoms with E-state index in [2.05, 4.69) is 18.7 Å². The zero-order valence-corrected chi connectivity index (χ0v) is 15.5. The van der Waals surface area contributed by atoms with Crippen LogP contribution in [0.2, 0.25) is 0 Å². The molecule has 1 aromatic carbocycles. The number of hydrogen-bond acceptors (Lipinski definition) is 7. The highest BCUT2D eigenvalue weighted by atomic mass is 32.1. The molecule has 26 heavy (non-hydrogen) atoms. The zero-order valence-electron chi connectivity index (χ0n) is 14.7. The molecule has 1 fully saturated rings. The second-order valence-corrected chi connectivity index (χ2v) is 7.06. The summed E-state index contributed by atoms with van der Waals surface area (Å²) in [6.45, 7) is 5.09. The Balaban J connectivity index is 1.47. The van der Waals surface area contributed by atoms with Gasteiger partial charge in [-0.25, -0.2) is 9.97 Å². The Morgan fingerprint density at radius 1 is 1.15 bits per heavy atom. The summed E-state index contributed by atoms with van der Waals surface area (Å²) in [6.07, 6.45) is 1.68. The second-order valence-electron chi connectivity index (χ2n) is 6.53. The highest BCUT2D eigenvalue weighted by Gasteiger charge is 2.26. The van der Waals surface area contributed by atoms with Crippen LogP contribution in [-0.4, -0.2) is 48.7 Å². The van der Waals surface area contributed by atoms with Gasteiger partial charge in [0.05, 0.1) is 18.3 Å². The first-order valence-corrected chi connectivity index (χ1v) is 9.32. The van der Waals surface area contributed by atoms with Crippen LogP contribution < -0.4 is 4.74 Å². The Hall–Kier alpha value is -2.61. The van der Waals surface area contributed by atoms with E-state index in [1.54, 1.807) is 6.07 Å². The molecule has 1 atom stereocenters. The maximum absolute atomic E-state index is 12.9. The minimum atomic E-state index is -0.0985. The van der Waals surface area contributed by atoms with E-state index in [1.807, 2.05) is 36.9 Å². The summed E-state index contributed by atoms with van der Waals surface area (Å²) in [6, 6.07) is 7.75. The summed E-state index contributed by atoms with van der Waals surface area (Å²) in [5.41, 5.74) is 3.96. The van der Waals surface area contributed by atoms with Gasteiger partial charge in [-0.05, 0) is 51.0 Å². The van der Waals surface area contributed by atoms with Crippen molar-refractivity contribution in [2.75, 3.05) is 13.1 Å². The molecule has 1 aliphatic rings. The van der Waals surface area contributed by atoms with E-state index in [4.69, 9.17) is 4.74 Å². The van der Waals surface area contributed by atoms with E-state index in [0.29, 0.717) is 18.1 Å². The Labute approximate surface area is 155 Å². The second kappa shape index (κ2) is 6.95. The number of ether oxygens (including phenoxy) is 1. The summed E-state index contributed by atoms with van der Waals surface area (Å²) in [5, 5.41) is 0. The average molecular weight is 369 g/mol. The number of hydrogen-bond donors (Lipinski definition) is 0. The van der Waals surface area contributed by atoms with E-state index in [1.165, 1.54) is 0 Å². The van der Waals surface area contributed by atoms with Gasteiger partial charge in [0.2, 0.25) is 0 Å². The predicted octanol–water partition coefficient (Wildman–Crippen LogP) is 2.78. The smallest absolute Gasteiger partial charge is 0.317 e. The zero-order chi connectivity index (χ0) is 18.1. The van der Waals surface area contributed by atoms with Crippen molar-refractivity contribution in [3.05, 3.63) is 41.2 Å². The number of piperidine rings is 1. The highest BCUT2D eigenvalue weighted by molar-refractivity contribution is 7.00. The number of nitrogens with zero attached hydrogens (tertiary/aromatic N) is 5. The molecule has 1 amide bonds. The summed E-state index contributed by atoms with van der Waals surface area (Å²) < 4.78 is 14.3. The molecule has 134 valence electrons. The molecule has 2 aromatic heterocycles. The van der Waals surface area contributed by atoms with E-state index in [0.717, 1.165) is 53.5 Å². The maximum atomic E-state index is 12.9. The Kier molecular flexibility index (Phi) is 4.50. The molecular weight excluding hydrogens is 350 g/mol. The van der Waals surface area contributed by atoms with Gasteiger partial charge in [-0.2, -0.15) is 8.75 Å². The van der Waals surface area contributed by atoms with Crippen LogP contribution >= 0.6 is 11.7 Å². The number of aryl methyl sites for hydroxylation is 2. The number of amides is 1. The molecule has 0 unspecified atom stereocenters. The van der Waals surface area contributed by atoms with Gasteiger partial charge in [0.1, 0.15) is 17.1 Å². The van der Waals surface area contributed by atoms with Crippen molar-refractivity contribution in [1.82, 2.24) is 23.6 Å². The van der Waals surface area contributed by atoms with E-state index < -0.39 is 0 Å². The van der Waals surface area contributed by atoms with E-state index in [-0.39, 0.29) is 12.0 Å². The number of benzene rings is 1. The fourth-order valence-corrected chi connectivity index (χ4v) is 3.73. The molecule has 7 nitrogen and oxygen atoms in total. The lowest BCUT2D eigenvalue weighted by atomic mass is 10.1. The number of carbonyl (C=O) groups excluding carboxylic acids is 1. The van der Waals surface area contributed by atoms with Crippen molar-refractivity contribution in [1.29, 1.82) is 0 Å². The third-order valence-corrected chi connectivity index (χ3v) is 4.96. The Bertz CT molecular complexity index is 937. The summed E-state index contributed by atoms with van der Waals surface area (Å²) in [5.74, 6) is -0.00505. The minimum absolute atomic E-state index is 0.00505. The third kappa shape index (κ3) is 3.50. The molecule has 0 aliphatic carbocycles. The van der Waals surface area contributed by atoms with Crippen LogP contribution in [0.4, 0.5) is 0 Å². The Morgan fingerprint density at radius 3 is 2.73 bits per heavy atom. The van der Waals surface area contributed by atoms with Gasteiger partial charge in [0.15, 0.2) is 0 Å². The predicted molar refractivity (Wildman–Crippen MR) is 98.5 cm³/mol. The van der Waals surface area contributed by atoms with Gasteiger partial charge < -0.3 is 9.64 Å². The number of likely N-dealkylation sites (tertiary alicyclic amines) is 1. The van der Waals surface area contributed by atoms with Gasteiger partial charge >= 0.3 is 6.01 Å². The molecule has 0 spiro atoms. The third-order valence-electron chi connectivity index (χ3n) is 4.40. The number of fused-ring (bicyclic) bond motifs is 1. The largest absolute Gasteiger partial charge is 0.458 e. The maximum Gasteiger partial charge on any atom is 0.317 e. The molecule has 3 heterocycles. The number of rotatable bonds is 3. The summed E-state index contributed by atoms with van der Waals surface area (Å²) in [4.78, 5) is 23.4. The topological polar surface area (TPSA) is 81.1 Å². The standard InChI is InChI=1S/C18H19N5O2S/c1-11-8-12(2)20-18(19-11)25-14-4-3-7-23(10-14)17(24)13-5-6-15-16(9-13)22-26-21-15/h5-6,8-9,14H,3-4,7,10H2,1-2H3/t14-/m0/s1. The minimum Gasteiger partial charge on any atom is -0.458 e. The molecule has 0 bridgehead atoms. The van der Waals surface area contributed by atoms with Crippen molar-refractivity contribution in [3.63, 3.8) is 0 Å². The monoisotopic (exact) mass is 369 g/mol. The normalized spacial score (nSPS) is 17.5. The molecule has 0 radical (unpaired) electrons. The van der Waals surface area contributed by atoms with Gasteiger partial charge in [-0.15, -0.1) is 0 Å². The van der Waals surface area contributed by atoms with Crippen LogP contribution in [0.3, 0.4) is 0 Å². The SMILES string of the molecule is Cc1cc(C)nc(O[C@H]2CCCN(C(=O)c3ccc4nsnc4c3)C2)n1. The van der Waals surface area contributed by atoms with Crippen molar-refractivity contribution >= 4 is 28.7 Å². The van der Waals surface area contributed by atoms with Crippen LogP contribution in [-0.2, 0) is 0 Å². The molecule has 0 N–H and O–H groups in total. The van der Waals surface area contributed by atoms with Crippen molar-refractivity contribution in [2.24, 2.45) is 0 Å². The van der Waals surface area contributed by atoms with Crippen molar-refractivity contribution in [3.8, 4) is 6.01 Å². The average Bonchev–Trinajstić information content (AvgIpc) is 3.08. The van der Waals surface area contributed by atoms with Crippen LogP contribution in [0.15, 0.2) is 24.3 Å². The summed E-state index contributed by atoms with van der Waals surface area (Å²) >= 11 is 1.15. The van der Waals surface area contributed by atoms with Crippen molar-refractivity contribution < 1.29 is 9.53 Å². The van der Waals surface area contributed by atoms with Crippen LogP contribution in [0, 0.1) is 13.8 Å². The lowest BCUT2D eigenvalue weighted by Gasteiger charge is -2.32. The fraction of sp³-hybridized carbons (Fsp3) is 0.389. The first-order chi connectivity index (χ1) is 12.6. The lowest BCUT2D eigenvalue weighted by Crippen LogP contribution is -2.44. The molecule has 1 aliphatic heterocycles. The van der Waals surface area contributed by atoms with Gasteiger partial charge in [-0.3, -0.25) is 4.79 Å². The first-order valence-electron chi connectivity index (χ1n) is 8.59. The van der Waals surface area contributed by atoms with Gasteiger partial charge in [0.25, 0.3) is 5.91 Å². The molecular formula is C18H19N5O2S. The molecule has 8 heteroatoms. The molecule has 4 rings (SSSR count). The van der Waals surface area contributed by atoms with Gasteiger partial charge in [0, 0.05) is 23.5 Å². The number of carbonyl (C=O) groups is 1. The van der Waals surface area contributed by atoms with Crippen molar-refractivity contribution in [2.45, 2.75) is 32.8 Å². The number of aromatic nitrogens is 4. The first kappa shape index (κ1) is 16.8. The van der Waals surface area contributed by atoms with Gasteiger partial charge in [-0.1, -0.05) is 0 Å². The van der Waals surface area contributed by atoms with E-state index >= 15 is 0 Å². The van der Waals surface area contributed by atoms with Crippen LogP contribution in [0.25, 0.3) is 11.0 Å². The molecule has 1 saturated heterocycles. The fourth-order valence-electron chi connectivity index (χ4n) is 3.21. The quantitative estimate of drug-likeness (QED) is 0.706. The van der Waals surface area contributed by atoms with Crippen LogP contribution in [0.5, 0.6) is 6.01 Å². The lowest BCUT2D eigenvalue weighted by molar-refractivity contribution is 0.0515. The molecule has 0 saturated carbocycles. The highest BCUT2D eigenvalue weighted by Crippen LogP contribution is 2.20. The molecule has 3 aromatic rings. The Morgan fingerprint density at radius 2 is 1.92 bits per heavy atom. The summed E-state index contributed by atoms with van der Waals surface area (Å²) in [7, 11) is 0. The van der Waals surface area contributed by atoms with Crippen LogP contribution in [0.1, 0.15) is 34.6 Å².